The van der Waals surface area contributed by atoms with Crippen molar-refractivity contribution in [3.63, 3.8) is 0 Å². The van der Waals surface area contributed by atoms with E-state index >= 15 is 0 Å². The van der Waals surface area contributed by atoms with Crippen LogP contribution in [0.1, 0.15) is 5.56 Å². The van der Waals surface area contributed by atoms with Crippen LogP contribution in [0.3, 0.4) is 0 Å². The van der Waals surface area contributed by atoms with Crippen LogP contribution in [-0.4, -0.2) is 37.8 Å². The Morgan fingerprint density at radius 1 is 1.31 bits per heavy atom. The summed E-state index contributed by atoms with van der Waals surface area (Å²) < 4.78 is 10.8. The maximum atomic E-state index is 12.0. The number of benzene rings is 2. The molecule has 6 nitrogen and oxygen atoms in total. The molecule has 1 fully saturated rings. The molecule has 0 saturated carbocycles. The van der Waals surface area contributed by atoms with Gasteiger partial charge >= 0.3 is 6.09 Å². The van der Waals surface area contributed by atoms with E-state index in [0.717, 1.165) is 5.56 Å². The van der Waals surface area contributed by atoms with Crippen molar-refractivity contribution in [1.29, 1.82) is 0 Å². The third-order valence-electron chi connectivity index (χ3n) is 3.97. The Morgan fingerprint density at radius 3 is 2.88 bits per heavy atom. The maximum Gasteiger partial charge on any atom is 0.414 e. The molecule has 0 spiro atoms. The van der Waals surface area contributed by atoms with Crippen LogP contribution in [0.25, 0.3) is 0 Å². The number of nitrogens with one attached hydrogen (secondary N) is 1. The Bertz CT molecular complexity index is 812. The smallest absolute Gasteiger partial charge is 0.414 e. The molecule has 1 saturated heterocycles. The zero-order chi connectivity index (χ0) is 18.5. The molecule has 136 valence electrons. The summed E-state index contributed by atoms with van der Waals surface area (Å²) in [6.07, 6.45) is -0.883. The summed E-state index contributed by atoms with van der Waals surface area (Å²) in [7, 11) is 0. The van der Waals surface area contributed by atoms with Crippen LogP contribution in [0, 0.1) is 6.92 Å². The molecule has 2 aromatic rings. The number of carbonyl (C=O) groups excluding carboxylic acids is 2. The van der Waals surface area contributed by atoms with Crippen LogP contribution >= 0.6 is 11.6 Å². The van der Waals surface area contributed by atoms with Gasteiger partial charge in [-0.25, -0.2) is 4.79 Å². The van der Waals surface area contributed by atoms with Gasteiger partial charge in [-0.2, -0.15) is 0 Å². The molecule has 1 aliphatic rings. The largest absolute Gasteiger partial charge is 0.484 e. The van der Waals surface area contributed by atoms with E-state index in [1.54, 1.807) is 24.3 Å². The van der Waals surface area contributed by atoms with Gasteiger partial charge in [0.15, 0.2) is 6.61 Å². The van der Waals surface area contributed by atoms with Gasteiger partial charge in [0.25, 0.3) is 5.91 Å². The summed E-state index contributed by atoms with van der Waals surface area (Å²) >= 11 is 5.96. The van der Waals surface area contributed by atoms with Gasteiger partial charge in [0.1, 0.15) is 11.9 Å². The van der Waals surface area contributed by atoms with E-state index in [9.17, 15) is 9.59 Å². The van der Waals surface area contributed by atoms with Gasteiger partial charge in [-0.05, 0) is 36.8 Å². The molecule has 0 bridgehead atoms. The number of ether oxygens (including phenoxy) is 2. The molecule has 1 atom stereocenters. The molecule has 3 rings (SSSR count). The van der Waals surface area contributed by atoms with E-state index in [0.29, 0.717) is 23.0 Å². The Kier molecular flexibility index (Phi) is 5.63. The van der Waals surface area contributed by atoms with E-state index < -0.39 is 12.2 Å². The Morgan fingerprint density at radius 2 is 2.12 bits per heavy atom. The highest BCUT2D eigenvalue weighted by Crippen LogP contribution is 2.24. The second kappa shape index (κ2) is 8.10. The number of rotatable bonds is 6. The molecule has 1 heterocycles. The van der Waals surface area contributed by atoms with Crippen molar-refractivity contribution in [1.82, 2.24) is 5.32 Å². The summed E-state index contributed by atoms with van der Waals surface area (Å²) in [5.74, 6) is 0.396. The molecule has 2 amide bonds. The lowest BCUT2D eigenvalue weighted by atomic mass is 10.2. The Labute approximate surface area is 156 Å². The molecular formula is C19H19ClN2O4. The number of aryl methyl sites for hydroxylation is 1. The number of hydrogen-bond donors (Lipinski definition) is 1. The second-order valence-electron chi connectivity index (χ2n) is 5.95. The number of halogens is 1. The fourth-order valence-electron chi connectivity index (χ4n) is 2.62. The highest BCUT2D eigenvalue weighted by molar-refractivity contribution is 6.30. The van der Waals surface area contributed by atoms with E-state index in [2.05, 4.69) is 5.32 Å². The standard InChI is InChI=1S/C19H19ClN2O4/c1-13-5-2-3-8-17(13)25-12-18(23)21-10-16-11-22(19(24)26-16)15-7-4-6-14(20)9-15/h2-9,16H,10-12H2,1H3,(H,21,23)/t16-/m0/s1. The summed E-state index contributed by atoms with van der Waals surface area (Å²) in [6.45, 7) is 2.38. The highest BCUT2D eigenvalue weighted by atomic mass is 35.5. The number of para-hydroxylation sites is 1. The third-order valence-corrected chi connectivity index (χ3v) is 4.21. The van der Waals surface area contributed by atoms with Gasteiger partial charge in [-0.3, -0.25) is 9.69 Å². The minimum absolute atomic E-state index is 0.0937. The predicted molar refractivity (Wildman–Crippen MR) is 98.8 cm³/mol. The van der Waals surface area contributed by atoms with Gasteiger partial charge < -0.3 is 14.8 Å². The zero-order valence-electron chi connectivity index (χ0n) is 14.3. The number of amides is 2. The van der Waals surface area contributed by atoms with Gasteiger partial charge in [-0.1, -0.05) is 35.9 Å². The molecule has 0 radical (unpaired) electrons. The maximum absolute atomic E-state index is 12.0. The molecule has 2 aromatic carbocycles. The molecule has 0 aliphatic carbocycles. The molecule has 7 heteroatoms. The van der Waals surface area contributed by atoms with Crippen LogP contribution in [0.15, 0.2) is 48.5 Å². The second-order valence-corrected chi connectivity index (χ2v) is 6.39. The fourth-order valence-corrected chi connectivity index (χ4v) is 2.81. The average Bonchev–Trinajstić information content (AvgIpc) is 3.00. The van der Waals surface area contributed by atoms with Gasteiger partial charge in [-0.15, -0.1) is 0 Å². The first-order valence-electron chi connectivity index (χ1n) is 8.22. The van der Waals surface area contributed by atoms with Crippen molar-refractivity contribution >= 4 is 29.3 Å². The molecule has 1 N–H and O–H groups in total. The summed E-state index contributed by atoms with van der Waals surface area (Å²) in [6, 6.07) is 14.5. The van der Waals surface area contributed by atoms with Crippen LogP contribution in [-0.2, 0) is 9.53 Å². The predicted octanol–water partition coefficient (Wildman–Crippen LogP) is 3.17. The first-order valence-corrected chi connectivity index (χ1v) is 8.59. The lowest BCUT2D eigenvalue weighted by molar-refractivity contribution is -0.123. The number of anilines is 1. The number of nitrogens with zero attached hydrogens (tertiary/aromatic N) is 1. The van der Waals surface area contributed by atoms with Gasteiger partial charge in [0, 0.05) is 10.7 Å². The van der Waals surface area contributed by atoms with Crippen molar-refractivity contribution in [2.24, 2.45) is 0 Å². The van der Waals surface area contributed by atoms with E-state index in [1.807, 2.05) is 31.2 Å². The molecule has 1 aliphatic heterocycles. The lowest BCUT2D eigenvalue weighted by Gasteiger charge is -2.13. The molecule has 0 unspecified atom stereocenters. The number of hydrogen-bond acceptors (Lipinski definition) is 4. The Balaban J connectivity index is 1.47. The van der Waals surface area contributed by atoms with Gasteiger partial charge in [0.05, 0.1) is 13.1 Å². The fraction of sp³-hybridized carbons (Fsp3) is 0.263. The van der Waals surface area contributed by atoms with Crippen molar-refractivity contribution in [2.45, 2.75) is 13.0 Å². The minimum Gasteiger partial charge on any atom is -0.484 e. The molecule has 0 aromatic heterocycles. The average molecular weight is 375 g/mol. The van der Waals surface area contributed by atoms with E-state index in [4.69, 9.17) is 21.1 Å². The third kappa shape index (κ3) is 4.46. The van der Waals surface area contributed by atoms with Crippen LogP contribution in [0.2, 0.25) is 5.02 Å². The van der Waals surface area contributed by atoms with Crippen LogP contribution < -0.4 is 15.0 Å². The van der Waals surface area contributed by atoms with Crippen LogP contribution in [0.5, 0.6) is 5.75 Å². The molecule has 26 heavy (non-hydrogen) atoms. The van der Waals surface area contributed by atoms with Crippen molar-refractivity contribution in [3.05, 3.63) is 59.1 Å². The lowest BCUT2D eigenvalue weighted by Crippen LogP contribution is -2.37. The first kappa shape index (κ1) is 18.1. The van der Waals surface area contributed by atoms with Gasteiger partial charge in [0.2, 0.25) is 0 Å². The number of carbonyl (C=O) groups is 2. The first-order chi connectivity index (χ1) is 12.5. The normalized spacial score (nSPS) is 16.3. The minimum atomic E-state index is -0.456. The Hall–Kier alpha value is -2.73. The summed E-state index contributed by atoms with van der Waals surface area (Å²) in [5.41, 5.74) is 1.63. The van der Waals surface area contributed by atoms with E-state index in [-0.39, 0.29) is 19.1 Å². The summed E-state index contributed by atoms with van der Waals surface area (Å²) in [4.78, 5) is 25.5. The SMILES string of the molecule is Cc1ccccc1OCC(=O)NC[C@H]1CN(c2cccc(Cl)c2)C(=O)O1. The molecular weight excluding hydrogens is 356 g/mol. The van der Waals surface area contributed by atoms with E-state index in [1.165, 1.54) is 4.90 Å². The van der Waals surface area contributed by atoms with Crippen LogP contribution in [0.4, 0.5) is 10.5 Å². The zero-order valence-corrected chi connectivity index (χ0v) is 15.0. The topological polar surface area (TPSA) is 67.9 Å². The van der Waals surface area contributed by atoms with Crippen molar-refractivity contribution in [3.8, 4) is 5.75 Å². The quantitative estimate of drug-likeness (QED) is 0.843. The number of cyclic esters (lactones) is 1. The highest BCUT2D eigenvalue weighted by Gasteiger charge is 2.32. The monoisotopic (exact) mass is 374 g/mol. The van der Waals surface area contributed by atoms with Crippen molar-refractivity contribution < 1.29 is 19.1 Å². The summed E-state index contributed by atoms with van der Waals surface area (Å²) in [5, 5.41) is 3.27. The van der Waals surface area contributed by atoms with Crippen molar-refractivity contribution in [2.75, 3.05) is 24.6 Å².